The summed E-state index contributed by atoms with van der Waals surface area (Å²) in [5, 5.41) is 19.9. The SMILES string of the molecule is Cc1c(C(=O)O)oc2cc(-c3ccccc3)c(Br)c(O)c12. The van der Waals surface area contributed by atoms with Crippen molar-refractivity contribution in [2.45, 2.75) is 6.92 Å². The Morgan fingerprint density at radius 1 is 1.24 bits per heavy atom. The Labute approximate surface area is 128 Å². The second-order valence-electron chi connectivity index (χ2n) is 4.69. The van der Waals surface area contributed by atoms with Crippen molar-refractivity contribution in [3.63, 3.8) is 0 Å². The molecule has 0 aliphatic carbocycles. The van der Waals surface area contributed by atoms with E-state index < -0.39 is 5.97 Å². The Balaban J connectivity index is 2.36. The van der Waals surface area contributed by atoms with Crippen LogP contribution in [0.2, 0.25) is 0 Å². The summed E-state index contributed by atoms with van der Waals surface area (Å²) < 4.78 is 5.89. The number of hydrogen-bond acceptors (Lipinski definition) is 3. The van der Waals surface area contributed by atoms with Crippen molar-refractivity contribution >= 4 is 32.9 Å². The van der Waals surface area contributed by atoms with E-state index in [1.54, 1.807) is 13.0 Å². The monoisotopic (exact) mass is 346 g/mol. The number of carboxylic acid groups (broad SMARTS) is 1. The minimum absolute atomic E-state index is 0.0138. The second kappa shape index (κ2) is 4.93. The number of phenolic OH excluding ortho intramolecular Hbond substituents is 1. The molecule has 0 bridgehead atoms. The van der Waals surface area contributed by atoms with E-state index in [1.807, 2.05) is 30.3 Å². The van der Waals surface area contributed by atoms with Crippen LogP contribution in [0.15, 0.2) is 45.3 Å². The zero-order chi connectivity index (χ0) is 15.1. The summed E-state index contributed by atoms with van der Waals surface area (Å²) in [4.78, 5) is 11.2. The number of aromatic carboxylic acids is 1. The van der Waals surface area contributed by atoms with E-state index >= 15 is 0 Å². The lowest BCUT2D eigenvalue weighted by molar-refractivity contribution is 0.0664. The maximum absolute atomic E-state index is 11.2. The van der Waals surface area contributed by atoms with Gasteiger partial charge in [0.25, 0.3) is 0 Å². The minimum Gasteiger partial charge on any atom is -0.506 e. The van der Waals surface area contributed by atoms with Gasteiger partial charge in [-0.15, -0.1) is 0 Å². The molecule has 2 aromatic carbocycles. The first-order valence-corrected chi connectivity index (χ1v) is 7.03. The van der Waals surface area contributed by atoms with Crippen LogP contribution in [0.4, 0.5) is 0 Å². The molecule has 3 rings (SSSR count). The van der Waals surface area contributed by atoms with E-state index in [9.17, 15) is 9.90 Å². The number of halogens is 1. The average Bonchev–Trinajstić information content (AvgIpc) is 2.81. The zero-order valence-corrected chi connectivity index (χ0v) is 12.6. The summed E-state index contributed by atoms with van der Waals surface area (Å²) in [5.41, 5.74) is 2.40. The van der Waals surface area contributed by atoms with Crippen molar-refractivity contribution in [2.24, 2.45) is 0 Å². The Kier molecular flexibility index (Phi) is 3.22. The van der Waals surface area contributed by atoms with Crippen molar-refractivity contribution in [3.8, 4) is 16.9 Å². The lowest BCUT2D eigenvalue weighted by Crippen LogP contribution is -1.95. The van der Waals surface area contributed by atoms with Gasteiger partial charge in [-0.05, 0) is 34.5 Å². The molecule has 0 radical (unpaired) electrons. The van der Waals surface area contributed by atoms with Gasteiger partial charge in [-0.2, -0.15) is 0 Å². The summed E-state index contributed by atoms with van der Waals surface area (Å²) >= 11 is 3.38. The largest absolute Gasteiger partial charge is 0.506 e. The van der Waals surface area contributed by atoms with Crippen LogP contribution in [0, 0.1) is 6.92 Å². The van der Waals surface area contributed by atoms with E-state index in [4.69, 9.17) is 9.52 Å². The van der Waals surface area contributed by atoms with Gasteiger partial charge in [0.15, 0.2) is 0 Å². The van der Waals surface area contributed by atoms with Gasteiger partial charge in [-0.3, -0.25) is 0 Å². The molecule has 5 heteroatoms. The number of carbonyl (C=O) groups is 1. The van der Waals surface area contributed by atoms with Crippen LogP contribution < -0.4 is 0 Å². The van der Waals surface area contributed by atoms with Crippen LogP contribution in [0.25, 0.3) is 22.1 Å². The molecule has 0 aliphatic rings. The number of aromatic hydroxyl groups is 1. The molecule has 0 unspecified atom stereocenters. The van der Waals surface area contributed by atoms with Gasteiger partial charge in [0, 0.05) is 11.1 Å². The highest BCUT2D eigenvalue weighted by atomic mass is 79.9. The third-order valence-electron chi connectivity index (χ3n) is 3.41. The second-order valence-corrected chi connectivity index (χ2v) is 5.48. The molecule has 0 spiro atoms. The van der Waals surface area contributed by atoms with E-state index in [2.05, 4.69) is 15.9 Å². The maximum atomic E-state index is 11.2. The van der Waals surface area contributed by atoms with Crippen LogP contribution in [0.5, 0.6) is 5.75 Å². The maximum Gasteiger partial charge on any atom is 0.372 e. The molecular formula is C16H11BrO4. The first kappa shape index (κ1) is 13.7. The molecule has 3 aromatic rings. The highest BCUT2D eigenvalue weighted by Crippen LogP contribution is 2.43. The average molecular weight is 347 g/mol. The van der Waals surface area contributed by atoms with Crippen LogP contribution in [0.3, 0.4) is 0 Å². The van der Waals surface area contributed by atoms with Crippen LogP contribution >= 0.6 is 15.9 Å². The Hall–Kier alpha value is -2.27. The van der Waals surface area contributed by atoms with E-state index in [1.165, 1.54) is 0 Å². The first-order chi connectivity index (χ1) is 10.0. The van der Waals surface area contributed by atoms with Crippen LogP contribution in [-0.2, 0) is 0 Å². The van der Waals surface area contributed by atoms with Crippen molar-refractivity contribution in [1.82, 2.24) is 0 Å². The highest BCUT2D eigenvalue weighted by molar-refractivity contribution is 9.10. The van der Waals surface area contributed by atoms with Crippen molar-refractivity contribution in [1.29, 1.82) is 0 Å². The summed E-state index contributed by atoms with van der Waals surface area (Å²) in [5.74, 6) is -1.32. The molecular weight excluding hydrogens is 336 g/mol. The van der Waals surface area contributed by atoms with Crippen LogP contribution in [-0.4, -0.2) is 16.2 Å². The number of fused-ring (bicyclic) bond motifs is 1. The molecule has 0 saturated heterocycles. The Bertz CT molecular complexity index is 850. The fourth-order valence-electron chi connectivity index (χ4n) is 2.40. The van der Waals surface area contributed by atoms with Gasteiger partial charge in [0.05, 0.1) is 9.86 Å². The first-order valence-electron chi connectivity index (χ1n) is 6.24. The number of rotatable bonds is 2. The van der Waals surface area contributed by atoms with Crippen LogP contribution in [0.1, 0.15) is 16.1 Å². The molecule has 1 heterocycles. The smallest absolute Gasteiger partial charge is 0.372 e. The standard InChI is InChI=1S/C16H11BrO4/c1-8-12-11(21-15(8)16(19)20)7-10(13(17)14(12)18)9-5-3-2-4-6-9/h2-7,18H,1H3,(H,19,20). The lowest BCUT2D eigenvalue weighted by Gasteiger charge is -2.07. The molecule has 4 nitrogen and oxygen atoms in total. The quantitative estimate of drug-likeness (QED) is 0.712. The fraction of sp³-hybridized carbons (Fsp3) is 0.0625. The topological polar surface area (TPSA) is 70.7 Å². The van der Waals surface area contributed by atoms with Gasteiger partial charge < -0.3 is 14.6 Å². The van der Waals surface area contributed by atoms with E-state index in [0.717, 1.165) is 11.1 Å². The molecule has 0 amide bonds. The predicted molar refractivity (Wildman–Crippen MR) is 82.7 cm³/mol. The van der Waals surface area contributed by atoms with Gasteiger partial charge in [0.1, 0.15) is 11.3 Å². The summed E-state index contributed by atoms with van der Waals surface area (Å²) in [6.07, 6.45) is 0. The molecule has 1 aromatic heterocycles. The number of benzene rings is 2. The van der Waals surface area contributed by atoms with E-state index in [0.29, 0.717) is 21.0 Å². The number of furan rings is 1. The van der Waals surface area contributed by atoms with E-state index in [-0.39, 0.29) is 11.5 Å². The molecule has 0 aliphatic heterocycles. The van der Waals surface area contributed by atoms with Gasteiger partial charge in [-0.1, -0.05) is 30.3 Å². The predicted octanol–water partition coefficient (Wildman–Crippen LogP) is 4.57. The normalized spacial score (nSPS) is 11.0. The number of aryl methyl sites for hydroxylation is 1. The molecule has 2 N–H and O–H groups in total. The van der Waals surface area contributed by atoms with Gasteiger partial charge in [0.2, 0.25) is 5.76 Å². The lowest BCUT2D eigenvalue weighted by atomic mass is 10.0. The summed E-state index contributed by atoms with van der Waals surface area (Å²) in [6, 6.07) is 11.2. The molecule has 0 saturated carbocycles. The molecule has 0 atom stereocenters. The third-order valence-corrected chi connectivity index (χ3v) is 4.21. The molecule has 21 heavy (non-hydrogen) atoms. The van der Waals surface area contributed by atoms with Gasteiger partial charge in [-0.25, -0.2) is 4.79 Å². The fourth-order valence-corrected chi connectivity index (χ4v) is 2.94. The number of phenols is 1. The minimum atomic E-state index is -1.15. The van der Waals surface area contributed by atoms with Crippen molar-refractivity contribution in [3.05, 3.63) is 52.2 Å². The number of hydrogen-bond donors (Lipinski definition) is 2. The zero-order valence-electron chi connectivity index (χ0n) is 11.1. The molecule has 0 fully saturated rings. The Morgan fingerprint density at radius 3 is 2.52 bits per heavy atom. The number of carboxylic acids is 1. The summed E-state index contributed by atoms with van der Waals surface area (Å²) in [7, 11) is 0. The van der Waals surface area contributed by atoms with Crippen molar-refractivity contribution in [2.75, 3.05) is 0 Å². The highest BCUT2D eigenvalue weighted by Gasteiger charge is 2.22. The van der Waals surface area contributed by atoms with Crippen molar-refractivity contribution < 1.29 is 19.4 Å². The third kappa shape index (κ3) is 2.10. The molecule has 106 valence electrons. The van der Waals surface area contributed by atoms with Gasteiger partial charge >= 0.3 is 5.97 Å². The Morgan fingerprint density at radius 2 is 1.90 bits per heavy atom. The summed E-state index contributed by atoms with van der Waals surface area (Å²) in [6.45, 7) is 1.61.